The maximum absolute atomic E-state index is 11.8. The summed E-state index contributed by atoms with van der Waals surface area (Å²) in [4.78, 5) is 22.4. The number of carbonyl (C=O) groups is 2. The molecule has 0 aliphatic rings. The summed E-state index contributed by atoms with van der Waals surface area (Å²) in [6.45, 7) is 1.41. The van der Waals surface area contributed by atoms with Crippen LogP contribution in [-0.4, -0.2) is 32.6 Å². The van der Waals surface area contributed by atoms with Crippen LogP contribution in [0.3, 0.4) is 0 Å². The number of hydrogen-bond acceptors (Lipinski definition) is 3. The van der Waals surface area contributed by atoms with Gasteiger partial charge < -0.3 is 10.4 Å². The fraction of sp³-hybridized carbons (Fsp3) is 0.182. The van der Waals surface area contributed by atoms with Crippen molar-refractivity contribution in [3.63, 3.8) is 0 Å². The number of hydrogen-bond donors (Lipinski definition) is 2. The first-order valence-electron chi connectivity index (χ1n) is 5.05. The summed E-state index contributed by atoms with van der Waals surface area (Å²) in [6.07, 6.45) is 3.13. The van der Waals surface area contributed by atoms with Crippen LogP contribution in [0.5, 0.6) is 0 Å². The third kappa shape index (κ3) is 2.10. The number of carboxylic acids is 1. The lowest BCUT2D eigenvalue weighted by Gasteiger charge is -2.07. The molecule has 2 rings (SSSR count). The van der Waals surface area contributed by atoms with Gasteiger partial charge in [0.15, 0.2) is 0 Å². The largest absolute Gasteiger partial charge is 0.480 e. The van der Waals surface area contributed by atoms with E-state index in [-0.39, 0.29) is 0 Å². The number of carbonyl (C=O) groups excluding carboxylic acids is 1. The van der Waals surface area contributed by atoms with Gasteiger partial charge in [0.1, 0.15) is 6.04 Å². The summed E-state index contributed by atoms with van der Waals surface area (Å²) in [5.41, 5.74) is 1.00. The van der Waals surface area contributed by atoms with E-state index in [1.807, 2.05) is 0 Å². The molecule has 2 aromatic rings. The maximum atomic E-state index is 11.8. The molecule has 17 heavy (non-hydrogen) atoms. The van der Waals surface area contributed by atoms with Gasteiger partial charge in [0.2, 0.25) is 0 Å². The van der Waals surface area contributed by atoms with E-state index >= 15 is 0 Å². The SMILES string of the molecule is C[C@H](NC(=O)c1cnn2ccccc12)C(=O)O. The molecule has 88 valence electrons. The normalized spacial score (nSPS) is 12.3. The van der Waals surface area contributed by atoms with E-state index in [0.717, 1.165) is 0 Å². The van der Waals surface area contributed by atoms with Crippen LogP contribution in [-0.2, 0) is 4.79 Å². The number of pyridine rings is 1. The van der Waals surface area contributed by atoms with Crippen molar-refractivity contribution in [2.24, 2.45) is 0 Å². The number of nitrogens with zero attached hydrogens (tertiary/aromatic N) is 2. The van der Waals surface area contributed by atoms with Crippen LogP contribution in [0.1, 0.15) is 17.3 Å². The minimum Gasteiger partial charge on any atom is -0.480 e. The number of nitrogens with one attached hydrogen (secondary N) is 1. The Morgan fingerprint density at radius 3 is 2.94 bits per heavy atom. The Bertz CT molecular complexity index is 576. The van der Waals surface area contributed by atoms with Crippen molar-refractivity contribution < 1.29 is 14.7 Å². The van der Waals surface area contributed by atoms with Gasteiger partial charge >= 0.3 is 5.97 Å². The monoisotopic (exact) mass is 233 g/mol. The molecule has 0 saturated carbocycles. The highest BCUT2D eigenvalue weighted by molar-refractivity contribution is 6.02. The van der Waals surface area contributed by atoms with Crippen LogP contribution in [0, 0.1) is 0 Å². The molecule has 0 bridgehead atoms. The zero-order chi connectivity index (χ0) is 12.4. The standard InChI is InChI=1S/C11H11N3O3/c1-7(11(16)17)13-10(15)8-6-12-14-5-3-2-4-9(8)14/h2-7H,1H3,(H,13,15)(H,16,17)/t7-/m0/s1. The summed E-state index contributed by atoms with van der Waals surface area (Å²) >= 11 is 0. The van der Waals surface area contributed by atoms with Crippen molar-refractivity contribution in [1.29, 1.82) is 0 Å². The highest BCUT2D eigenvalue weighted by Gasteiger charge is 2.17. The lowest BCUT2D eigenvalue weighted by atomic mass is 10.2. The van der Waals surface area contributed by atoms with Crippen molar-refractivity contribution in [2.45, 2.75) is 13.0 Å². The zero-order valence-corrected chi connectivity index (χ0v) is 9.12. The molecule has 1 atom stereocenters. The summed E-state index contributed by atoms with van der Waals surface area (Å²) in [7, 11) is 0. The molecule has 0 aliphatic heterocycles. The Morgan fingerprint density at radius 1 is 1.47 bits per heavy atom. The fourth-order valence-corrected chi connectivity index (χ4v) is 1.45. The smallest absolute Gasteiger partial charge is 0.325 e. The fourth-order valence-electron chi connectivity index (χ4n) is 1.45. The Balaban J connectivity index is 2.28. The van der Waals surface area contributed by atoms with Crippen LogP contribution in [0.15, 0.2) is 30.6 Å². The molecule has 6 heteroatoms. The van der Waals surface area contributed by atoms with E-state index in [1.165, 1.54) is 13.1 Å². The van der Waals surface area contributed by atoms with E-state index in [2.05, 4.69) is 10.4 Å². The number of fused-ring (bicyclic) bond motifs is 1. The molecular formula is C11H11N3O3. The van der Waals surface area contributed by atoms with Gasteiger partial charge in [-0.3, -0.25) is 9.59 Å². The topological polar surface area (TPSA) is 83.7 Å². The molecule has 0 saturated heterocycles. The van der Waals surface area contributed by atoms with E-state index in [0.29, 0.717) is 11.1 Å². The molecule has 2 aromatic heterocycles. The molecule has 2 N–H and O–H groups in total. The summed E-state index contributed by atoms with van der Waals surface area (Å²) < 4.78 is 1.56. The van der Waals surface area contributed by atoms with Crippen molar-refractivity contribution in [1.82, 2.24) is 14.9 Å². The van der Waals surface area contributed by atoms with E-state index < -0.39 is 17.9 Å². The third-order valence-electron chi connectivity index (χ3n) is 2.39. The number of amides is 1. The van der Waals surface area contributed by atoms with Crippen LogP contribution in [0.4, 0.5) is 0 Å². The Kier molecular flexibility index (Phi) is 2.78. The van der Waals surface area contributed by atoms with Crippen LogP contribution in [0.2, 0.25) is 0 Å². The van der Waals surface area contributed by atoms with E-state index in [9.17, 15) is 9.59 Å². The molecular weight excluding hydrogens is 222 g/mol. The first-order valence-corrected chi connectivity index (χ1v) is 5.05. The minimum absolute atomic E-state index is 0.360. The van der Waals surface area contributed by atoms with Gasteiger partial charge in [0, 0.05) is 6.20 Å². The van der Waals surface area contributed by atoms with Crippen molar-refractivity contribution in [3.05, 3.63) is 36.2 Å². The number of carboxylic acid groups (broad SMARTS) is 1. The highest BCUT2D eigenvalue weighted by Crippen LogP contribution is 2.09. The summed E-state index contributed by atoms with van der Waals surface area (Å²) in [5, 5.41) is 15.1. The summed E-state index contributed by atoms with van der Waals surface area (Å²) in [5.74, 6) is -1.52. The lowest BCUT2D eigenvalue weighted by molar-refractivity contribution is -0.138. The Morgan fingerprint density at radius 2 is 2.24 bits per heavy atom. The van der Waals surface area contributed by atoms with Crippen LogP contribution < -0.4 is 5.32 Å². The van der Waals surface area contributed by atoms with Crippen molar-refractivity contribution in [3.8, 4) is 0 Å². The average molecular weight is 233 g/mol. The molecule has 6 nitrogen and oxygen atoms in total. The first-order chi connectivity index (χ1) is 8.09. The molecule has 2 heterocycles. The van der Waals surface area contributed by atoms with Crippen molar-refractivity contribution >= 4 is 17.4 Å². The molecule has 0 aliphatic carbocycles. The molecule has 0 radical (unpaired) electrons. The van der Waals surface area contributed by atoms with Gasteiger partial charge in [-0.2, -0.15) is 5.10 Å². The molecule has 0 unspecified atom stereocenters. The van der Waals surface area contributed by atoms with E-state index in [1.54, 1.807) is 28.9 Å². The minimum atomic E-state index is -1.07. The Hall–Kier alpha value is -2.37. The quantitative estimate of drug-likeness (QED) is 0.810. The molecule has 0 aromatic carbocycles. The van der Waals surface area contributed by atoms with Gasteiger partial charge in [-0.1, -0.05) is 6.07 Å². The highest BCUT2D eigenvalue weighted by atomic mass is 16.4. The van der Waals surface area contributed by atoms with Gasteiger partial charge in [0.05, 0.1) is 17.3 Å². The second-order valence-electron chi connectivity index (χ2n) is 3.62. The Labute approximate surface area is 96.9 Å². The van der Waals surface area contributed by atoms with Crippen LogP contribution >= 0.6 is 0 Å². The third-order valence-corrected chi connectivity index (χ3v) is 2.39. The first kappa shape index (κ1) is 11.1. The van der Waals surface area contributed by atoms with Gasteiger partial charge in [-0.25, -0.2) is 4.52 Å². The van der Waals surface area contributed by atoms with E-state index in [4.69, 9.17) is 5.11 Å². The second kappa shape index (κ2) is 4.25. The molecule has 1 amide bonds. The zero-order valence-electron chi connectivity index (χ0n) is 9.12. The van der Waals surface area contributed by atoms with Crippen LogP contribution in [0.25, 0.3) is 5.52 Å². The number of aliphatic carboxylic acids is 1. The average Bonchev–Trinajstić information content (AvgIpc) is 2.72. The number of rotatable bonds is 3. The van der Waals surface area contributed by atoms with Gasteiger partial charge in [0.25, 0.3) is 5.91 Å². The maximum Gasteiger partial charge on any atom is 0.325 e. The lowest BCUT2D eigenvalue weighted by Crippen LogP contribution is -2.38. The van der Waals surface area contributed by atoms with Gasteiger partial charge in [-0.15, -0.1) is 0 Å². The predicted octanol–water partition coefficient (Wildman–Crippen LogP) is 0.537. The molecule has 0 spiro atoms. The summed E-state index contributed by atoms with van der Waals surface area (Å²) in [6, 6.07) is 4.39. The predicted molar refractivity (Wildman–Crippen MR) is 59.8 cm³/mol. The molecule has 0 fully saturated rings. The van der Waals surface area contributed by atoms with Crippen molar-refractivity contribution in [2.75, 3.05) is 0 Å². The second-order valence-corrected chi connectivity index (χ2v) is 3.62. The number of aromatic nitrogens is 2. The van der Waals surface area contributed by atoms with Gasteiger partial charge in [-0.05, 0) is 19.1 Å².